The zero-order chi connectivity index (χ0) is 8.66. The van der Waals surface area contributed by atoms with Gasteiger partial charge in [0.1, 0.15) is 5.67 Å². The van der Waals surface area contributed by atoms with Gasteiger partial charge in [-0.05, 0) is 38.5 Å². The second-order valence-corrected chi connectivity index (χ2v) is 4.08. The second kappa shape index (κ2) is 2.40. The number of alkyl halides is 1. The van der Waals surface area contributed by atoms with Gasteiger partial charge in [-0.15, -0.1) is 0 Å². The monoisotopic (exact) mass is 169 g/mol. The lowest BCUT2D eigenvalue weighted by molar-refractivity contribution is 0.00852. The predicted molar refractivity (Wildman–Crippen MR) is 42.4 cm³/mol. The van der Waals surface area contributed by atoms with Crippen LogP contribution in [0.25, 0.3) is 0 Å². The maximum absolute atomic E-state index is 13.6. The van der Waals surface area contributed by atoms with E-state index in [1.165, 1.54) is 0 Å². The second-order valence-electron chi connectivity index (χ2n) is 4.08. The first-order chi connectivity index (χ1) is 5.68. The third-order valence-corrected chi connectivity index (χ3v) is 3.40. The average molecular weight is 169 g/mol. The van der Waals surface area contributed by atoms with E-state index in [2.05, 4.69) is 4.99 Å². The van der Waals surface area contributed by atoms with Crippen molar-refractivity contribution in [2.75, 3.05) is 0 Å². The summed E-state index contributed by atoms with van der Waals surface area (Å²) in [5, 5.41) is 0. The smallest absolute Gasteiger partial charge is 0.235 e. The van der Waals surface area contributed by atoms with Gasteiger partial charge in [-0.1, -0.05) is 0 Å². The molecule has 0 aromatic carbocycles. The number of hydrogen-bond acceptors (Lipinski definition) is 2. The van der Waals surface area contributed by atoms with E-state index in [1.807, 2.05) is 0 Å². The highest BCUT2D eigenvalue weighted by Gasteiger charge is 2.49. The van der Waals surface area contributed by atoms with Crippen molar-refractivity contribution in [3.05, 3.63) is 0 Å². The van der Waals surface area contributed by atoms with Crippen LogP contribution in [0.4, 0.5) is 4.39 Å². The number of aliphatic imine (C=N–C) groups is 1. The summed E-state index contributed by atoms with van der Waals surface area (Å²) in [5.74, 6) is 0. The summed E-state index contributed by atoms with van der Waals surface area (Å²) in [5.41, 5.74) is -1.16. The van der Waals surface area contributed by atoms with Crippen molar-refractivity contribution in [1.29, 1.82) is 0 Å². The molecule has 0 N–H and O–H groups in total. The molecular formula is C9H12FNO. The van der Waals surface area contributed by atoms with Crippen molar-refractivity contribution in [1.82, 2.24) is 0 Å². The molecule has 2 bridgehead atoms. The van der Waals surface area contributed by atoms with Crippen LogP contribution in [0.5, 0.6) is 0 Å². The Hall–Kier alpha value is -0.690. The Bertz CT molecular complexity index is 220. The summed E-state index contributed by atoms with van der Waals surface area (Å²) in [6.07, 6.45) is 5.57. The SMILES string of the molecule is O=C=NC12CCC(F)(CC1)CC2. The van der Waals surface area contributed by atoms with E-state index < -0.39 is 5.67 Å². The van der Waals surface area contributed by atoms with Crippen LogP contribution in [0.15, 0.2) is 4.99 Å². The lowest BCUT2D eigenvalue weighted by Crippen LogP contribution is -2.46. The largest absolute Gasteiger partial charge is 0.244 e. The highest BCUT2D eigenvalue weighted by atomic mass is 19.1. The first-order valence-corrected chi connectivity index (χ1v) is 4.46. The first kappa shape index (κ1) is 7.93. The van der Waals surface area contributed by atoms with E-state index in [-0.39, 0.29) is 5.54 Å². The van der Waals surface area contributed by atoms with Crippen molar-refractivity contribution in [3.63, 3.8) is 0 Å². The van der Waals surface area contributed by atoms with Gasteiger partial charge in [0.05, 0.1) is 5.54 Å². The van der Waals surface area contributed by atoms with Gasteiger partial charge in [0.25, 0.3) is 0 Å². The molecule has 2 nitrogen and oxygen atoms in total. The van der Waals surface area contributed by atoms with Gasteiger partial charge in [0, 0.05) is 0 Å². The molecule has 3 rings (SSSR count). The van der Waals surface area contributed by atoms with E-state index in [9.17, 15) is 9.18 Å². The molecule has 0 heterocycles. The lowest BCUT2D eigenvalue weighted by atomic mass is 9.64. The molecule has 3 saturated carbocycles. The third-order valence-electron chi connectivity index (χ3n) is 3.40. The zero-order valence-corrected chi connectivity index (χ0v) is 6.98. The topological polar surface area (TPSA) is 29.4 Å². The molecule has 3 fully saturated rings. The number of nitrogens with zero attached hydrogens (tertiary/aromatic N) is 1. The highest BCUT2D eigenvalue weighted by molar-refractivity contribution is 5.35. The van der Waals surface area contributed by atoms with Crippen LogP contribution in [-0.2, 0) is 4.79 Å². The lowest BCUT2D eigenvalue weighted by Gasteiger charge is -2.46. The van der Waals surface area contributed by atoms with Crippen LogP contribution in [0.1, 0.15) is 38.5 Å². The van der Waals surface area contributed by atoms with Gasteiger partial charge in [-0.25, -0.2) is 9.18 Å². The minimum atomic E-state index is -0.930. The quantitative estimate of drug-likeness (QED) is 0.436. The molecular weight excluding hydrogens is 157 g/mol. The average Bonchev–Trinajstić information content (AvgIpc) is 2.08. The molecule has 12 heavy (non-hydrogen) atoms. The van der Waals surface area contributed by atoms with E-state index >= 15 is 0 Å². The van der Waals surface area contributed by atoms with E-state index in [4.69, 9.17) is 0 Å². The normalized spacial score (nSPS) is 45.4. The van der Waals surface area contributed by atoms with E-state index in [1.54, 1.807) is 6.08 Å². The Morgan fingerprint density at radius 3 is 2.00 bits per heavy atom. The van der Waals surface area contributed by atoms with Crippen LogP contribution >= 0.6 is 0 Å². The van der Waals surface area contributed by atoms with Gasteiger partial charge in [-0.2, -0.15) is 4.99 Å². The molecule has 0 spiro atoms. The van der Waals surface area contributed by atoms with Crippen LogP contribution in [-0.4, -0.2) is 17.3 Å². The molecule has 0 aliphatic heterocycles. The summed E-state index contributed by atoms with van der Waals surface area (Å²) in [6, 6.07) is 0. The van der Waals surface area contributed by atoms with Gasteiger partial charge in [-0.3, -0.25) is 0 Å². The fourth-order valence-corrected chi connectivity index (χ4v) is 2.38. The minimum absolute atomic E-state index is 0.227. The van der Waals surface area contributed by atoms with E-state index in [0.717, 1.165) is 19.3 Å². The Balaban J connectivity index is 2.19. The van der Waals surface area contributed by atoms with Gasteiger partial charge < -0.3 is 0 Å². The molecule has 0 saturated heterocycles. The fraction of sp³-hybridized carbons (Fsp3) is 0.889. The zero-order valence-electron chi connectivity index (χ0n) is 6.98. The number of carbonyl (C=O) groups excluding carboxylic acids is 1. The predicted octanol–water partition coefficient (Wildman–Crippen LogP) is 2.14. The molecule has 0 amide bonds. The Morgan fingerprint density at radius 1 is 1.08 bits per heavy atom. The highest BCUT2D eigenvalue weighted by Crippen LogP contribution is 2.50. The molecule has 0 unspecified atom stereocenters. The molecule has 0 atom stereocenters. The standard InChI is InChI=1S/C9H12FNO/c10-8-1-4-9(5-2-8,6-3-8)11-7-12/h1-6H2. The summed E-state index contributed by atoms with van der Waals surface area (Å²) in [7, 11) is 0. The van der Waals surface area contributed by atoms with Crippen LogP contribution < -0.4 is 0 Å². The van der Waals surface area contributed by atoms with Crippen LogP contribution in [0.2, 0.25) is 0 Å². The number of hydrogen-bond donors (Lipinski definition) is 0. The number of fused-ring (bicyclic) bond motifs is 3. The number of rotatable bonds is 1. The Kier molecular flexibility index (Phi) is 1.58. The van der Waals surface area contributed by atoms with Gasteiger partial charge >= 0.3 is 0 Å². The summed E-state index contributed by atoms with van der Waals surface area (Å²) in [6.45, 7) is 0. The van der Waals surface area contributed by atoms with E-state index in [0.29, 0.717) is 19.3 Å². The Morgan fingerprint density at radius 2 is 1.58 bits per heavy atom. The van der Waals surface area contributed by atoms with Gasteiger partial charge in [0.2, 0.25) is 6.08 Å². The summed E-state index contributed by atoms with van der Waals surface area (Å²) >= 11 is 0. The van der Waals surface area contributed by atoms with Crippen molar-refractivity contribution in [3.8, 4) is 0 Å². The summed E-state index contributed by atoms with van der Waals surface area (Å²) < 4.78 is 13.6. The van der Waals surface area contributed by atoms with Crippen LogP contribution in [0.3, 0.4) is 0 Å². The first-order valence-electron chi connectivity index (χ1n) is 4.46. The molecule has 3 aliphatic carbocycles. The van der Waals surface area contributed by atoms with Crippen molar-refractivity contribution in [2.24, 2.45) is 4.99 Å². The summed E-state index contributed by atoms with van der Waals surface area (Å²) in [4.78, 5) is 14.0. The fourth-order valence-electron chi connectivity index (χ4n) is 2.38. The maximum atomic E-state index is 13.6. The molecule has 0 radical (unpaired) electrons. The number of isocyanates is 1. The molecule has 0 aromatic heterocycles. The molecule has 0 aromatic rings. The third kappa shape index (κ3) is 1.09. The van der Waals surface area contributed by atoms with Gasteiger partial charge in [0.15, 0.2) is 0 Å². The molecule has 3 heteroatoms. The number of halogens is 1. The van der Waals surface area contributed by atoms with Crippen molar-refractivity contribution >= 4 is 6.08 Å². The van der Waals surface area contributed by atoms with Crippen molar-refractivity contribution in [2.45, 2.75) is 49.7 Å². The minimum Gasteiger partial charge on any atom is -0.244 e. The maximum Gasteiger partial charge on any atom is 0.235 e. The van der Waals surface area contributed by atoms with Crippen LogP contribution in [0, 0.1) is 0 Å². The molecule has 66 valence electrons. The molecule has 3 aliphatic rings. The van der Waals surface area contributed by atoms with Crippen molar-refractivity contribution < 1.29 is 9.18 Å². The Labute approximate surface area is 70.9 Å².